The predicted molar refractivity (Wildman–Crippen MR) is 120 cm³/mol. The molecule has 1 aromatic rings. The molecule has 0 saturated heterocycles. The first-order valence-corrected chi connectivity index (χ1v) is 13.1. The smallest absolute Gasteiger partial charge is 0.408 e. The third-order valence-electron chi connectivity index (χ3n) is 5.85. The maximum Gasteiger partial charge on any atom is 0.408 e. The average molecular weight is 454 g/mol. The molecule has 1 amide bonds. The maximum absolute atomic E-state index is 13.3. The summed E-state index contributed by atoms with van der Waals surface area (Å²) < 4.78 is 18.6. The molecule has 0 heterocycles. The number of hydrogen-bond acceptors (Lipinski definition) is 4. The highest BCUT2D eigenvalue weighted by Gasteiger charge is 2.39. The van der Waals surface area contributed by atoms with Gasteiger partial charge in [0.15, 0.2) is 0 Å². The van der Waals surface area contributed by atoms with Crippen molar-refractivity contribution in [3.05, 3.63) is 35.9 Å². The average Bonchev–Trinajstić information content (AvgIpc) is 2.72. The topological polar surface area (TPSA) is 113 Å². The van der Waals surface area contributed by atoms with Crippen molar-refractivity contribution in [1.29, 1.82) is 0 Å². The highest BCUT2D eigenvalue weighted by molar-refractivity contribution is 7.58. The molecule has 2 rings (SSSR count). The Morgan fingerprint density at radius 3 is 2.39 bits per heavy atom. The van der Waals surface area contributed by atoms with Gasteiger partial charge in [0.1, 0.15) is 12.4 Å². The quantitative estimate of drug-likeness (QED) is 0.396. The first-order valence-electron chi connectivity index (χ1n) is 11.2. The van der Waals surface area contributed by atoms with E-state index in [0.717, 1.165) is 37.7 Å². The minimum atomic E-state index is -3.98. The number of alkyl carbamates (subject to hydrolysis) is 1. The van der Waals surface area contributed by atoms with Gasteiger partial charge in [0.25, 0.3) is 0 Å². The lowest BCUT2D eigenvalue weighted by Gasteiger charge is -2.31. The van der Waals surface area contributed by atoms with Crippen LogP contribution in [0.2, 0.25) is 0 Å². The zero-order valence-electron chi connectivity index (χ0n) is 18.5. The van der Waals surface area contributed by atoms with Crippen molar-refractivity contribution in [2.45, 2.75) is 71.2 Å². The van der Waals surface area contributed by atoms with Crippen LogP contribution in [0.4, 0.5) is 4.79 Å². The van der Waals surface area contributed by atoms with Gasteiger partial charge in [-0.2, -0.15) is 0 Å². The number of rotatable bonds is 11. The Balaban J connectivity index is 2.08. The molecule has 7 nitrogen and oxygen atoms in total. The predicted octanol–water partition coefficient (Wildman–Crippen LogP) is 5.23. The Kier molecular flexibility index (Phi) is 10.0. The van der Waals surface area contributed by atoms with Gasteiger partial charge in [0.05, 0.1) is 5.92 Å². The molecule has 0 aromatic heterocycles. The second-order valence-corrected chi connectivity index (χ2v) is 11.6. The fraction of sp³-hybridized carbons (Fsp3) is 0.652. The molecule has 0 aliphatic heterocycles. The fourth-order valence-corrected chi connectivity index (χ4v) is 6.36. The van der Waals surface area contributed by atoms with Crippen molar-refractivity contribution in [2.75, 3.05) is 6.16 Å². The van der Waals surface area contributed by atoms with E-state index in [1.165, 1.54) is 0 Å². The van der Waals surface area contributed by atoms with Crippen LogP contribution < -0.4 is 5.32 Å². The number of carbonyl (C=O) groups is 2. The van der Waals surface area contributed by atoms with E-state index in [1.807, 2.05) is 44.2 Å². The molecule has 8 heteroatoms. The molecular formula is C23H36NO6P. The van der Waals surface area contributed by atoms with Gasteiger partial charge < -0.3 is 20.1 Å². The summed E-state index contributed by atoms with van der Waals surface area (Å²) in [5.41, 5.74) is 0.816. The van der Waals surface area contributed by atoms with Crippen LogP contribution in [0.1, 0.15) is 64.4 Å². The van der Waals surface area contributed by atoms with Gasteiger partial charge in [0.2, 0.25) is 7.37 Å². The molecular weight excluding hydrogens is 417 g/mol. The first-order chi connectivity index (χ1) is 14.7. The third kappa shape index (κ3) is 9.04. The van der Waals surface area contributed by atoms with Crippen molar-refractivity contribution in [1.82, 2.24) is 5.32 Å². The summed E-state index contributed by atoms with van der Waals surface area (Å²) in [6.45, 7) is 3.83. The van der Waals surface area contributed by atoms with Gasteiger partial charge in [-0.05, 0) is 30.2 Å². The number of aliphatic carboxylic acids is 1. The summed E-state index contributed by atoms with van der Waals surface area (Å²) in [5.74, 6) is -2.69. The molecule has 3 atom stereocenters. The molecule has 0 bridgehead atoms. The summed E-state index contributed by atoms with van der Waals surface area (Å²) in [6, 6.07) is 9.19. The van der Waals surface area contributed by atoms with E-state index in [1.54, 1.807) is 0 Å². The standard InChI is InChI=1S/C23H36NO6P/c1-17(2)13-20(22(25)26)16-31(28,29)21(14-18-9-5-3-6-10-18)24-23(27)30-15-19-11-7-4-8-12-19/h4,7-8,11-12,17-18,20-21H,3,5-6,9-10,13-16H2,1-2H3,(H,24,27)(H,25,26)(H,28,29). The van der Waals surface area contributed by atoms with E-state index in [9.17, 15) is 24.2 Å². The number of hydrogen-bond donors (Lipinski definition) is 3. The minimum absolute atomic E-state index is 0.0592. The van der Waals surface area contributed by atoms with Crippen molar-refractivity contribution >= 4 is 19.4 Å². The highest BCUT2D eigenvalue weighted by atomic mass is 31.2. The largest absolute Gasteiger partial charge is 0.481 e. The van der Waals surface area contributed by atoms with E-state index >= 15 is 0 Å². The van der Waals surface area contributed by atoms with Gasteiger partial charge in [-0.3, -0.25) is 9.36 Å². The van der Waals surface area contributed by atoms with Crippen LogP contribution in [0.25, 0.3) is 0 Å². The molecule has 174 valence electrons. The molecule has 31 heavy (non-hydrogen) atoms. The summed E-state index contributed by atoms with van der Waals surface area (Å²) in [4.78, 5) is 35.0. The zero-order chi connectivity index (χ0) is 22.9. The lowest BCUT2D eigenvalue weighted by Crippen LogP contribution is -2.38. The number of benzene rings is 1. The molecule has 0 spiro atoms. The molecule has 1 aliphatic rings. The Morgan fingerprint density at radius 2 is 1.81 bits per heavy atom. The Labute approximate surface area is 185 Å². The van der Waals surface area contributed by atoms with Gasteiger partial charge >= 0.3 is 12.1 Å². The van der Waals surface area contributed by atoms with Crippen LogP contribution in [-0.2, 0) is 20.7 Å². The van der Waals surface area contributed by atoms with Crippen LogP contribution in [0.3, 0.4) is 0 Å². The van der Waals surface area contributed by atoms with Crippen molar-refractivity contribution in [3.63, 3.8) is 0 Å². The molecule has 1 aliphatic carbocycles. The number of nitrogens with one attached hydrogen (secondary N) is 1. The lowest BCUT2D eigenvalue weighted by molar-refractivity contribution is -0.141. The van der Waals surface area contributed by atoms with Gasteiger partial charge in [-0.25, -0.2) is 4.79 Å². The van der Waals surface area contributed by atoms with Crippen LogP contribution in [0, 0.1) is 17.8 Å². The first kappa shape index (κ1) is 25.4. The van der Waals surface area contributed by atoms with Crippen molar-refractivity contribution < 1.29 is 28.9 Å². The minimum Gasteiger partial charge on any atom is -0.481 e. The molecule has 3 unspecified atom stereocenters. The summed E-state index contributed by atoms with van der Waals surface area (Å²) in [6.07, 6.45) is 4.76. The Morgan fingerprint density at radius 1 is 1.16 bits per heavy atom. The third-order valence-corrected chi connectivity index (χ3v) is 8.13. The van der Waals surface area contributed by atoms with Gasteiger partial charge in [0, 0.05) is 6.16 Å². The summed E-state index contributed by atoms with van der Waals surface area (Å²) in [5, 5.41) is 12.1. The molecule has 3 N–H and O–H groups in total. The molecule has 1 aromatic carbocycles. The summed E-state index contributed by atoms with van der Waals surface area (Å²) in [7, 11) is -3.98. The number of amides is 1. The normalized spacial score (nSPS) is 18.7. The fourth-order valence-electron chi connectivity index (χ4n) is 4.23. The molecule has 1 fully saturated rings. The van der Waals surface area contributed by atoms with E-state index in [-0.39, 0.29) is 24.6 Å². The number of carboxylic acid groups (broad SMARTS) is 1. The van der Waals surface area contributed by atoms with E-state index in [4.69, 9.17) is 4.74 Å². The summed E-state index contributed by atoms with van der Waals surface area (Å²) >= 11 is 0. The lowest BCUT2D eigenvalue weighted by atomic mass is 9.87. The maximum atomic E-state index is 13.3. The number of carboxylic acids is 1. The number of ether oxygens (including phenoxy) is 1. The van der Waals surface area contributed by atoms with Crippen LogP contribution in [0.15, 0.2) is 30.3 Å². The Bertz CT molecular complexity index is 748. The van der Waals surface area contributed by atoms with E-state index in [0.29, 0.717) is 12.8 Å². The van der Waals surface area contributed by atoms with Crippen molar-refractivity contribution in [3.8, 4) is 0 Å². The van der Waals surface area contributed by atoms with E-state index < -0.39 is 31.1 Å². The van der Waals surface area contributed by atoms with Gasteiger partial charge in [-0.1, -0.05) is 76.3 Å². The van der Waals surface area contributed by atoms with Crippen LogP contribution >= 0.6 is 7.37 Å². The Hall–Kier alpha value is -1.85. The highest BCUT2D eigenvalue weighted by Crippen LogP contribution is 2.50. The monoisotopic (exact) mass is 453 g/mol. The SMILES string of the molecule is CC(C)CC(CP(=O)(O)C(CC1CCCCC1)NC(=O)OCc1ccccc1)C(=O)O. The second kappa shape index (κ2) is 12.3. The molecule has 0 radical (unpaired) electrons. The van der Waals surface area contributed by atoms with Crippen molar-refractivity contribution in [2.24, 2.45) is 17.8 Å². The van der Waals surface area contributed by atoms with Crippen LogP contribution in [-0.4, -0.2) is 34.0 Å². The second-order valence-electron chi connectivity index (χ2n) is 9.06. The van der Waals surface area contributed by atoms with Gasteiger partial charge in [-0.15, -0.1) is 0 Å². The van der Waals surface area contributed by atoms with E-state index in [2.05, 4.69) is 5.32 Å². The number of carbonyl (C=O) groups excluding carboxylic acids is 1. The zero-order valence-corrected chi connectivity index (χ0v) is 19.4. The van der Waals surface area contributed by atoms with Crippen LogP contribution in [0.5, 0.6) is 0 Å². The molecule has 1 saturated carbocycles.